The number of aromatic nitrogens is 3. The lowest BCUT2D eigenvalue weighted by atomic mass is 10.1. The van der Waals surface area contributed by atoms with Gasteiger partial charge < -0.3 is 14.6 Å². The Kier molecular flexibility index (Phi) is 4.72. The van der Waals surface area contributed by atoms with Crippen molar-refractivity contribution in [1.29, 1.82) is 0 Å². The van der Waals surface area contributed by atoms with Gasteiger partial charge in [-0.2, -0.15) is 18.3 Å². The highest BCUT2D eigenvalue weighted by atomic mass is 79.9. The molecule has 0 saturated heterocycles. The van der Waals surface area contributed by atoms with Crippen molar-refractivity contribution in [2.75, 3.05) is 14.2 Å². The summed E-state index contributed by atoms with van der Waals surface area (Å²) < 4.78 is 51.2. The summed E-state index contributed by atoms with van der Waals surface area (Å²) in [5.41, 5.74) is -1.71. The zero-order valence-electron chi connectivity index (χ0n) is 13.8. The van der Waals surface area contributed by atoms with Gasteiger partial charge >= 0.3 is 12.1 Å². The largest absolute Gasteiger partial charge is 0.493 e. The molecule has 1 N–H and O–H groups in total. The normalized spacial score (nSPS) is 11.6. The van der Waals surface area contributed by atoms with Gasteiger partial charge in [-0.3, -0.25) is 0 Å². The molecule has 0 saturated carbocycles. The Morgan fingerprint density at radius 1 is 1.19 bits per heavy atom. The van der Waals surface area contributed by atoms with Crippen LogP contribution in [0.15, 0.2) is 28.7 Å². The van der Waals surface area contributed by atoms with Crippen LogP contribution in [0.5, 0.6) is 11.5 Å². The number of nitrogens with zero attached hydrogens (tertiary/aromatic N) is 3. The van der Waals surface area contributed by atoms with Crippen molar-refractivity contribution in [3.8, 4) is 22.8 Å². The molecular weight excluding hydrogens is 435 g/mol. The predicted octanol–water partition coefficient (Wildman–Crippen LogP) is 3.89. The topological polar surface area (TPSA) is 86.0 Å². The highest BCUT2D eigenvalue weighted by molar-refractivity contribution is 9.10. The van der Waals surface area contributed by atoms with Crippen LogP contribution >= 0.6 is 15.9 Å². The van der Waals surface area contributed by atoms with Crippen molar-refractivity contribution >= 4 is 27.5 Å². The first-order chi connectivity index (χ1) is 12.7. The first kappa shape index (κ1) is 19.0. The molecule has 3 aromatic rings. The van der Waals surface area contributed by atoms with Crippen LogP contribution in [0.25, 0.3) is 16.9 Å². The molecule has 3 rings (SSSR count). The number of rotatable bonds is 4. The SMILES string of the molecule is COc1ccc(-c2cc(C(F)(F)F)n3nc(C(=O)O)c(Br)c3n2)cc1OC. The highest BCUT2D eigenvalue weighted by Gasteiger charge is 2.36. The molecule has 0 amide bonds. The van der Waals surface area contributed by atoms with Gasteiger partial charge in [0.15, 0.2) is 28.5 Å². The molecule has 0 aliphatic carbocycles. The van der Waals surface area contributed by atoms with E-state index in [9.17, 15) is 18.0 Å². The Morgan fingerprint density at radius 2 is 1.85 bits per heavy atom. The zero-order valence-corrected chi connectivity index (χ0v) is 15.4. The summed E-state index contributed by atoms with van der Waals surface area (Å²) in [5, 5.41) is 12.6. The monoisotopic (exact) mass is 445 g/mol. The van der Waals surface area contributed by atoms with E-state index in [2.05, 4.69) is 26.0 Å². The number of methoxy groups -OCH3 is 2. The van der Waals surface area contributed by atoms with Crippen LogP contribution < -0.4 is 9.47 Å². The van der Waals surface area contributed by atoms with Crippen molar-refractivity contribution in [3.63, 3.8) is 0 Å². The summed E-state index contributed by atoms with van der Waals surface area (Å²) in [5.74, 6) is -0.769. The van der Waals surface area contributed by atoms with E-state index in [1.165, 1.54) is 32.4 Å². The number of benzene rings is 1. The Morgan fingerprint density at radius 3 is 2.41 bits per heavy atom. The van der Waals surface area contributed by atoms with Crippen molar-refractivity contribution in [3.05, 3.63) is 40.1 Å². The maximum atomic E-state index is 13.5. The Balaban J connectivity index is 2.32. The van der Waals surface area contributed by atoms with E-state index in [0.717, 1.165) is 6.07 Å². The summed E-state index contributed by atoms with van der Waals surface area (Å²) in [6, 6.07) is 5.31. The van der Waals surface area contributed by atoms with Crippen molar-refractivity contribution in [2.24, 2.45) is 0 Å². The second kappa shape index (κ2) is 6.72. The van der Waals surface area contributed by atoms with Crippen LogP contribution in [0.3, 0.4) is 0 Å². The van der Waals surface area contributed by atoms with E-state index >= 15 is 0 Å². The molecule has 0 spiro atoms. The predicted molar refractivity (Wildman–Crippen MR) is 91.2 cm³/mol. The fraction of sp³-hybridized carbons (Fsp3) is 0.188. The molecule has 1 aromatic carbocycles. The van der Waals surface area contributed by atoms with Crippen LogP contribution in [-0.4, -0.2) is 39.9 Å². The molecule has 2 aromatic heterocycles. The molecule has 0 bridgehead atoms. The van der Waals surface area contributed by atoms with E-state index in [-0.39, 0.29) is 15.8 Å². The minimum Gasteiger partial charge on any atom is -0.493 e. The number of halogens is 4. The van der Waals surface area contributed by atoms with Gasteiger partial charge in [0.2, 0.25) is 0 Å². The Labute approximate surface area is 158 Å². The fourth-order valence-corrected chi connectivity index (χ4v) is 2.98. The highest BCUT2D eigenvalue weighted by Crippen LogP contribution is 2.36. The minimum absolute atomic E-state index is 0.0340. The first-order valence-electron chi connectivity index (χ1n) is 7.29. The molecule has 7 nitrogen and oxygen atoms in total. The molecule has 0 atom stereocenters. The van der Waals surface area contributed by atoms with E-state index in [1.807, 2.05) is 0 Å². The maximum Gasteiger partial charge on any atom is 0.433 e. The van der Waals surface area contributed by atoms with Gasteiger partial charge in [0.05, 0.1) is 24.4 Å². The third-order valence-electron chi connectivity index (χ3n) is 3.71. The second-order valence-corrected chi connectivity index (χ2v) is 6.09. The van der Waals surface area contributed by atoms with E-state index in [4.69, 9.17) is 14.6 Å². The number of carbonyl (C=O) groups is 1. The number of aromatic carboxylic acids is 1. The summed E-state index contributed by atoms with van der Waals surface area (Å²) in [4.78, 5) is 15.4. The number of fused-ring (bicyclic) bond motifs is 1. The zero-order chi connectivity index (χ0) is 19.9. The Hall–Kier alpha value is -2.82. The third-order valence-corrected chi connectivity index (χ3v) is 4.44. The maximum absolute atomic E-state index is 13.5. The smallest absolute Gasteiger partial charge is 0.433 e. The van der Waals surface area contributed by atoms with Crippen LogP contribution in [0.2, 0.25) is 0 Å². The number of hydrogen-bond acceptors (Lipinski definition) is 5. The molecule has 0 unspecified atom stereocenters. The van der Waals surface area contributed by atoms with Gasteiger partial charge in [-0.05, 0) is 40.2 Å². The van der Waals surface area contributed by atoms with E-state index < -0.39 is 23.5 Å². The van der Waals surface area contributed by atoms with Crippen molar-refractivity contribution in [1.82, 2.24) is 14.6 Å². The lowest BCUT2D eigenvalue weighted by Gasteiger charge is -2.12. The van der Waals surface area contributed by atoms with Crippen molar-refractivity contribution in [2.45, 2.75) is 6.18 Å². The molecule has 2 heterocycles. The summed E-state index contributed by atoms with van der Waals surface area (Å²) >= 11 is 2.97. The number of hydrogen-bond donors (Lipinski definition) is 1. The second-order valence-electron chi connectivity index (χ2n) is 5.30. The van der Waals surface area contributed by atoms with Crippen LogP contribution in [0.4, 0.5) is 13.2 Å². The van der Waals surface area contributed by atoms with Gasteiger partial charge in [0.25, 0.3) is 0 Å². The molecule has 0 aliphatic rings. The van der Waals surface area contributed by atoms with Crippen molar-refractivity contribution < 1.29 is 32.5 Å². The lowest BCUT2D eigenvalue weighted by molar-refractivity contribution is -0.142. The fourth-order valence-electron chi connectivity index (χ4n) is 2.47. The summed E-state index contributed by atoms with van der Waals surface area (Å²) in [6.07, 6.45) is -4.78. The third kappa shape index (κ3) is 3.29. The van der Waals surface area contributed by atoms with Crippen LogP contribution in [0, 0.1) is 0 Å². The molecule has 27 heavy (non-hydrogen) atoms. The molecule has 11 heteroatoms. The number of carboxylic acids is 1. The minimum atomic E-state index is -4.78. The standard InChI is InChI=1S/C16H11BrF3N3O4/c1-26-9-4-3-7(5-10(9)27-2)8-6-11(16(18,19)20)23-14(21-8)12(17)13(22-23)15(24)25/h3-6H,1-2H3,(H,24,25). The molecule has 0 aliphatic heterocycles. The van der Waals surface area contributed by atoms with Crippen LogP contribution in [-0.2, 0) is 6.18 Å². The first-order valence-corrected chi connectivity index (χ1v) is 8.08. The van der Waals surface area contributed by atoms with Gasteiger partial charge in [0, 0.05) is 5.56 Å². The lowest BCUT2D eigenvalue weighted by Crippen LogP contribution is -2.14. The molecule has 0 fully saturated rings. The number of alkyl halides is 3. The van der Waals surface area contributed by atoms with Gasteiger partial charge in [-0.15, -0.1) is 0 Å². The van der Waals surface area contributed by atoms with E-state index in [0.29, 0.717) is 21.6 Å². The molecule has 142 valence electrons. The average Bonchev–Trinajstić information content (AvgIpc) is 2.96. The molecular formula is C16H11BrF3N3O4. The Bertz CT molecular complexity index is 1050. The quantitative estimate of drug-likeness (QED) is 0.655. The number of ether oxygens (including phenoxy) is 2. The van der Waals surface area contributed by atoms with Crippen LogP contribution in [0.1, 0.15) is 16.2 Å². The van der Waals surface area contributed by atoms with Gasteiger partial charge in [-0.1, -0.05) is 0 Å². The molecule has 0 radical (unpaired) electrons. The van der Waals surface area contributed by atoms with Gasteiger partial charge in [-0.25, -0.2) is 14.3 Å². The van der Waals surface area contributed by atoms with Gasteiger partial charge in [0.1, 0.15) is 0 Å². The average molecular weight is 446 g/mol. The van der Waals surface area contributed by atoms with E-state index in [1.54, 1.807) is 0 Å². The summed E-state index contributed by atoms with van der Waals surface area (Å²) in [7, 11) is 2.83. The summed E-state index contributed by atoms with van der Waals surface area (Å²) in [6.45, 7) is 0. The number of carboxylic acid groups (broad SMARTS) is 1.